The number of hydrogen-bond donors (Lipinski definition) is 1. The van der Waals surface area contributed by atoms with E-state index >= 15 is 0 Å². The molecule has 98 valence electrons. The Kier molecular flexibility index (Phi) is 2.32. The third-order valence-electron chi connectivity index (χ3n) is 5.09. The van der Waals surface area contributed by atoms with Gasteiger partial charge in [-0.3, -0.25) is 9.59 Å². The van der Waals surface area contributed by atoms with Gasteiger partial charge in [-0.2, -0.15) is 0 Å². The second-order valence-electron chi connectivity index (χ2n) is 6.24. The van der Waals surface area contributed by atoms with Crippen LogP contribution in [0.1, 0.15) is 41.6 Å². The van der Waals surface area contributed by atoms with Crippen LogP contribution in [0.15, 0.2) is 18.2 Å². The average molecular weight is 255 g/mol. The maximum atomic E-state index is 12.6. The Hall–Kier alpha value is -1.64. The Morgan fingerprint density at radius 3 is 2.84 bits per heavy atom. The lowest BCUT2D eigenvalue weighted by molar-refractivity contribution is -0.115. The number of nitrogens with one attached hydrogen (secondary N) is 1. The standard InChI is InChI=1S/C16H17NO2/c18-15-8-12-7-11(3-4-14(12)17-15)16(19)13-6-9-1-2-10(13)5-9/h3-4,7,9-10,13H,1-2,5-6,8H2,(H,17,18). The molecule has 1 aliphatic heterocycles. The molecule has 1 aromatic rings. The molecule has 3 nitrogen and oxygen atoms in total. The number of fused-ring (bicyclic) bond motifs is 3. The first-order valence-corrected chi connectivity index (χ1v) is 7.17. The first-order chi connectivity index (χ1) is 9.20. The second kappa shape index (κ2) is 3.92. The van der Waals surface area contributed by atoms with Crippen LogP contribution in [0, 0.1) is 17.8 Å². The van der Waals surface area contributed by atoms with Gasteiger partial charge in [-0.15, -0.1) is 0 Å². The Labute approximate surface area is 112 Å². The third kappa shape index (κ3) is 1.71. The third-order valence-corrected chi connectivity index (χ3v) is 5.09. The van der Waals surface area contributed by atoms with Gasteiger partial charge >= 0.3 is 0 Å². The normalized spacial score (nSPS) is 31.4. The van der Waals surface area contributed by atoms with Crippen LogP contribution in [0.3, 0.4) is 0 Å². The van der Waals surface area contributed by atoms with E-state index in [1.54, 1.807) is 0 Å². The summed E-state index contributed by atoms with van der Waals surface area (Å²) in [5.41, 5.74) is 2.64. The smallest absolute Gasteiger partial charge is 0.228 e. The van der Waals surface area contributed by atoms with Gasteiger partial charge in [-0.25, -0.2) is 0 Å². The van der Waals surface area contributed by atoms with Crippen molar-refractivity contribution in [1.29, 1.82) is 0 Å². The Bertz CT molecular complexity index is 578. The van der Waals surface area contributed by atoms with Crippen LogP contribution in [-0.2, 0) is 11.2 Å². The predicted molar refractivity (Wildman–Crippen MR) is 72.0 cm³/mol. The van der Waals surface area contributed by atoms with E-state index in [1.807, 2.05) is 18.2 Å². The van der Waals surface area contributed by atoms with Crippen molar-refractivity contribution in [1.82, 2.24) is 0 Å². The highest BCUT2D eigenvalue weighted by Gasteiger charge is 2.43. The molecule has 1 amide bonds. The zero-order chi connectivity index (χ0) is 13.0. The number of rotatable bonds is 2. The molecule has 2 saturated carbocycles. The minimum atomic E-state index is 0.0273. The fraction of sp³-hybridized carbons (Fsp3) is 0.500. The molecule has 19 heavy (non-hydrogen) atoms. The number of anilines is 1. The first-order valence-electron chi connectivity index (χ1n) is 7.17. The lowest BCUT2D eigenvalue weighted by Gasteiger charge is -2.20. The van der Waals surface area contributed by atoms with Crippen molar-refractivity contribution in [3.05, 3.63) is 29.3 Å². The Morgan fingerprint density at radius 1 is 1.21 bits per heavy atom. The van der Waals surface area contributed by atoms with E-state index in [4.69, 9.17) is 0 Å². The topological polar surface area (TPSA) is 46.2 Å². The summed E-state index contributed by atoms with van der Waals surface area (Å²) in [6, 6.07) is 5.67. The Morgan fingerprint density at radius 2 is 2.11 bits per heavy atom. The van der Waals surface area contributed by atoms with Crippen LogP contribution in [0.25, 0.3) is 0 Å². The molecule has 1 aromatic carbocycles. The molecule has 0 radical (unpaired) electrons. The summed E-state index contributed by atoms with van der Waals surface area (Å²) in [5.74, 6) is 1.97. The van der Waals surface area contributed by atoms with E-state index in [0.717, 1.165) is 29.2 Å². The van der Waals surface area contributed by atoms with Crippen LogP contribution in [-0.4, -0.2) is 11.7 Å². The predicted octanol–water partition coefficient (Wildman–Crippen LogP) is 2.80. The molecule has 4 rings (SSSR count). The molecular weight excluding hydrogens is 238 g/mol. The monoisotopic (exact) mass is 255 g/mol. The molecule has 1 heterocycles. The van der Waals surface area contributed by atoms with E-state index in [-0.39, 0.29) is 11.8 Å². The van der Waals surface area contributed by atoms with E-state index in [0.29, 0.717) is 18.1 Å². The lowest BCUT2D eigenvalue weighted by atomic mass is 9.83. The molecule has 3 heteroatoms. The molecule has 1 N–H and O–H groups in total. The molecule has 3 aliphatic rings. The summed E-state index contributed by atoms with van der Waals surface area (Å²) < 4.78 is 0. The van der Waals surface area contributed by atoms with Gasteiger partial charge in [0.15, 0.2) is 5.78 Å². The minimum absolute atomic E-state index is 0.0273. The maximum Gasteiger partial charge on any atom is 0.228 e. The molecule has 0 spiro atoms. The zero-order valence-electron chi connectivity index (χ0n) is 10.8. The molecule has 3 unspecified atom stereocenters. The van der Waals surface area contributed by atoms with Crippen molar-refractivity contribution in [2.45, 2.75) is 32.1 Å². The molecule has 0 saturated heterocycles. The van der Waals surface area contributed by atoms with Crippen molar-refractivity contribution in [2.75, 3.05) is 5.32 Å². The number of benzene rings is 1. The molecular formula is C16H17NO2. The van der Waals surface area contributed by atoms with E-state index < -0.39 is 0 Å². The second-order valence-corrected chi connectivity index (χ2v) is 6.24. The van der Waals surface area contributed by atoms with Crippen LogP contribution < -0.4 is 5.32 Å². The fourth-order valence-corrected chi connectivity index (χ4v) is 4.16. The van der Waals surface area contributed by atoms with Gasteiger partial charge in [0.2, 0.25) is 5.91 Å². The number of ketones is 1. The zero-order valence-corrected chi connectivity index (χ0v) is 10.8. The maximum absolute atomic E-state index is 12.6. The van der Waals surface area contributed by atoms with Crippen molar-refractivity contribution < 1.29 is 9.59 Å². The van der Waals surface area contributed by atoms with Gasteiger partial charge in [0.25, 0.3) is 0 Å². The van der Waals surface area contributed by atoms with Crippen LogP contribution >= 0.6 is 0 Å². The minimum Gasteiger partial charge on any atom is -0.326 e. The number of hydrogen-bond acceptors (Lipinski definition) is 2. The molecule has 3 atom stereocenters. The summed E-state index contributed by atoms with van der Waals surface area (Å²) in [5, 5.41) is 2.81. The average Bonchev–Trinajstić information content (AvgIpc) is 3.09. The fourth-order valence-electron chi connectivity index (χ4n) is 4.16. The van der Waals surface area contributed by atoms with Gasteiger partial charge in [0, 0.05) is 17.2 Å². The molecule has 2 bridgehead atoms. The van der Waals surface area contributed by atoms with Gasteiger partial charge < -0.3 is 5.32 Å². The number of Topliss-reactive ketones (excluding diaryl/α,β-unsaturated/α-hetero) is 1. The van der Waals surface area contributed by atoms with Gasteiger partial charge in [0.05, 0.1) is 6.42 Å². The highest BCUT2D eigenvalue weighted by Crippen LogP contribution is 2.49. The van der Waals surface area contributed by atoms with E-state index in [1.165, 1.54) is 19.3 Å². The quantitative estimate of drug-likeness (QED) is 0.826. The number of carbonyl (C=O) groups excluding carboxylic acids is 2. The van der Waals surface area contributed by atoms with E-state index in [2.05, 4.69) is 5.32 Å². The SMILES string of the molecule is O=C1Cc2cc(C(=O)C3CC4CCC3C4)ccc2N1. The number of carbonyl (C=O) groups is 2. The largest absolute Gasteiger partial charge is 0.326 e. The number of amides is 1. The van der Waals surface area contributed by atoms with Gasteiger partial charge in [-0.05, 0) is 54.9 Å². The molecule has 0 aromatic heterocycles. The van der Waals surface area contributed by atoms with Crippen LogP contribution in [0.4, 0.5) is 5.69 Å². The van der Waals surface area contributed by atoms with E-state index in [9.17, 15) is 9.59 Å². The van der Waals surface area contributed by atoms with Crippen LogP contribution in [0.2, 0.25) is 0 Å². The van der Waals surface area contributed by atoms with Gasteiger partial charge in [0.1, 0.15) is 0 Å². The summed E-state index contributed by atoms with van der Waals surface area (Å²) in [7, 11) is 0. The Balaban J connectivity index is 1.61. The summed E-state index contributed by atoms with van der Waals surface area (Å²) in [6.45, 7) is 0. The first kappa shape index (κ1) is 11.2. The van der Waals surface area contributed by atoms with Crippen LogP contribution in [0.5, 0.6) is 0 Å². The highest BCUT2D eigenvalue weighted by molar-refractivity contribution is 6.03. The molecule has 2 fully saturated rings. The van der Waals surface area contributed by atoms with Gasteiger partial charge in [-0.1, -0.05) is 6.42 Å². The van der Waals surface area contributed by atoms with Crippen molar-refractivity contribution in [3.63, 3.8) is 0 Å². The van der Waals surface area contributed by atoms with Crippen molar-refractivity contribution >= 4 is 17.4 Å². The summed E-state index contributed by atoms with van der Waals surface area (Å²) >= 11 is 0. The summed E-state index contributed by atoms with van der Waals surface area (Å²) in [6.07, 6.45) is 5.29. The molecule has 2 aliphatic carbocycles. The van der Waals surface area contributed by atoms with Crippen molar-refractivity contribution in [3.8, 4) is 0 Å². The van der Waals surface area contributed by atoms with Crippen molar-refractivity contribution in [2.24, 2.45) is 17.8 Å². The summed E-state index contributed by atoms with van der Waals surface area (Å²) in [4.78, 5) is 24.0. The highest BCUT2D eigenvalue weighted by atomic mass is 16.1. The lowest BCUT2D eigenvalue weighted by Crippen LogP contribution is -2.21.